The van der Waals surface area contributed by atoms with Crippen LogP contribution in [0.4, 0.5) is 0 Å². The van der Waals surface area contributed by atoms with E-state index in [1.807, 2.05) is 19.1 Å². The first kappa shape index (κ1) is 18.3. The molecule has 3 aromatic rings. The lowest BCUT2D eigenvalue weighted by molar-refractivity contribution is 0.172. The Morgan fingerprint density at radius 3 is 2.73 bits per heavy atom. The van der Waals surface area contributed by atoms with Crippen molar-refractivity contribution in [2.75, 3.05) is 20.3 Å². The summed E-state index contributed by atoms with van der Waals surface area (Å²) in [5.41, 5.74) is 2.47. The number of sulfone groups is 1. The topological polar surface area (TPSA) is 94.2 Å². The molecule has 0 fully saturated rings. The second kappa shape index (κ2) is 7.84. The molecule has 0 amide bonds. The lowest BCUT2D eigenvalue weighted by Gasteiger charge is -2.11. The van der Waals surface area contributed by atoms with Gasteiger partial charge in [-0.2, -0.15) is 0 Å². The first-order valence-electron chi connectivity index (χ1n) is 8.25. The Labute approximate surface area is 152 Å². The van der Waals surface area contributed by atoms with Crippen LogP contribution >= 0.6 is 0 Å². The maximum atomic E-state index is 12.7. The molecule has 26 heavy (non-hydrogen) atoms. The van der Waals surface area contributed by atoms with Gasteiger partial charge in [0.05, 0.1) is 23.3 Å². The lowest BCUT2D eigenvalue weighted by Crippen LogP contribution is -2.10. The zero-order valence-corrected chi connectivity index (χ0v) is 15.5. The van der Waals surface area contributed by atoms with Gasteiger partial charge in [0, 0.05) is 31.9 Å². The fourth-order valence-electron chi connectivity index (χ4n) is 2.57. The van der Waals surface area contributed by atoms with E-state index in [2.05, 4.69) is 15.0 Å². The Hall–Kier alpha value is -2.45. The lowest BCUT2D eigenvalue weighted by atomic mass is 10.2. The van der Waals surface area contributed by atoms with Crippen molar-refractivity contribution in [1.82, 2.24) is 15.0 Å². The molecule has 1 aromatic carbocycles. The molecule has 2 heterocycles. The number of rotatable bonds is 8. The van der Waals surface area contributed by atoms with E-state index in [0.29, 0.717) is 41.3 Å². The molecule has 0 saturated heterocycles. The zero-order chi connectivity index (χ0) is 18.6. The quantitative estimate of drug-likeness (QED) is 0.608. The molecule has 0 unspecified atom stereocenters. The van der Waals surface area contributed by atoms with E-state index in [9.17, 15) is 8.42 Å². The highest BCUT2D eigenvalue weighted by molar-refractivity contribution is 7.90. The van der Waals surface area contributed by atoms with Gasteiger partial charge in [-0.15, -0.1) is 0 Å². The summed E-state index contributed by atoms with van der Waals surface area (Å²) in [6.45, 7) is 2.91. The van der Waals surface area contributed by atoms with Crippen molar-refractivity contribution in [2.45, 2.75) is 24.3 Å². The summed E-state index contributed by atoms with van der Waals surface area (Å²) in [5, 5.41) is -0.0497. The fourth-order valence-corrected chi connectivity index (χ4v) is 3.86. The number of nitrogens with one attached hydrogen (secondary N) is 1. The molecule has 0 spiro atoms. The summed E-state index contributed by atoms with van der Waals surface area (Å²) < 4.78 is 36.2. The van der Waals surface area contributed by atoms with Gasteiger partial charge in [0.15, 0.2) is 0 Å². The predicted octanol–water partition coefficient (Wildman–Crippen LogP) is 2.66. The maximum Gasteiger partial charge on any atom is 0.226 e. The number of aromatic amines is 1. The van der Waals surface area contributed by atoms with Crippen LogP contribution in [-0.4, -0.2) is 43.7 Å². The average Bonchev–Trinajstić information content (AvgIpc) is 3.07. The number of H-pyrrole nitrogens is 1. The molecule has 0 saturated carbocycles. The van der Waals surface area contributed by atoms with Crippen molar-refractivity contribution in [3.8, 4) is 5.75 Å². The molecular formula is C18H21N3O4S. The Morgan fingerprint density at radius 2 is 1.96 bits per heavy atom. The van der Waals surface area contributed by atoms with Gasteiger partial charge in [0.1, 0.15) is 11.5 Å². The smallest absolute Gasteiger partial charge is 0.226 e. The van der Waals surface area contributed by atoms with Crippen LogP contribution in [-0.2, 0) is 20.3 Å². The van der Waals surface area contributed by atoms with Crippen molar-refractivity contribution < 1.29 is 17.9 Å². The zero-order valence-electron chi connectivity index (χ0n) is 14.7. The SMILES string of the molecule is COCCCOc1ccnc(CS(=O)(=O)c2nc3ccccc3[nH]2)c1C. The molecule has 0 bridgehead atoms. The van der Waals surface area contributed by atoms with E-state index in [0.717, 1.165) is 6.42 Å². The van der Waals surface area contributed by atoms with Crippen LogP contribution in [0.15, 0.2) is 41.7 Å². The molecule has 7 nitrogen and oxygen atoms in total. The molecule has 138 valence electrons. The van der Waals surface area contributed by atoms with Crippen LogP contribution < -0.4 is 4.74 Å². The van der Waals surface area contributed by atoms with E-state index in [4.69, 9.17) is 9.47 Å². The number of pyridine rings is 1. The second-order valence-corrected chi connectivity index (χ2v) is 7.80. The van der Waals surface area contributed by atoms with Gasteiger partial charge in [0.25, 0.3) is 0 Å². The minimum atomic E-state index is -3.65. The summed E-state index contributed by atoms with van der Waals surface area (Å²) in [6.07, 6.45) is 2.31. The number of hydrogen-bond donors (Lipinski definition) is 1. The highest BCUT2D eigenvalue weighted by Crippen LogP contribution is 2.24. The van der Waals surface area contributed by atoms with Gasteiger partial charge in [-0.3, -0.25) is 4.98 Å². The molecule has 8 heteroatoms. The number of nitrogens with zero attached hydrogens (tertiary/aromatic N) is 2. The van der Waals surface area contributed by atoms with E-state index >= 15 is 0 Å². The monoisotopic (exact) mass is 375 g/mol. The minimum absolute atomic E-state index is 0.0497. The van der Waals surface area contributed by atoms with Crippen molar-refractivity contribution in [1.29, 1.82) is 0 Å². The third kappa shape index (κ3) is 4.03. The van der Waals surface area contributed by atoms with Gasteiger partial charge in [0.2, 0.25) is 15.0 Å². The third-order valence-electron chi connectivity index (χ3n) is 4.00. The van der Waals surface area contributed by atoms with Crippen LogP contribution in [0.2, 0.25) is 0 Å². The summed E-state index contributed by atoms with van der Waals surface area (Å²) in [4.78, 5) is 11.3. The van der Waals surface area contributed by atoms with Gasteiger partial charge in [-0.05, 0) is 25.1 Å². The van der Waals surface area contributed by atoms with E-state index in [1.165, 1.54) is 0 Å². The molecule has 0 atom stereocenters. The predicted molar refractivity (Wildman–Crippen MR) is 97.9 cm³/mol. The van der Waals surface area contributed by atoms with Crippen LogP contribution in [0.3, 0.4) is 0 Å². The molecule has 0 aliphatic rings. The fraction of sp³-hybridized carbons (Fsp3) is 0.333. The van der Waals surface area contributed by atoms with Crippen molar-refractivity contribution >= 4 is 20.9 Å². The van der Waals surface area contributed by atoms with Crippen LogP contribution in [0, 0.1) is 6.92 Å². The second-order valence-electron chi connectivity index (χ2n) is 5.89. The highest BCUT2D eigenvalue weighted by atomic mass is 32.2. The molecule has 0 aliphatic heterocycles. The highest BCUT2D eigenvalue weighted by Gasteiger charge is 2.22. The maximum absolute atomic E-state index is 12.7. The molecule has 0 aliphatic carbocycles. The van der Waals surface area contributed by atoms with Crippen LogP contribution in [0.1, 0.15) is 17.7 Å². The van der Waals surface area contributed by atoms with Crippen LogP contribution in [0.25, 0.3) is 11.0 Å². The first-order valence-corrected chi connectivity index (χ1v) is 9.90. The van der Waals surface area contributed by atoms with Gasteiger partial charge < -0.3 is 14.5 Å². The first-order chi connectivity index (χ1) is 12.5. The molecule has 1 N–H and O–H groups in total. The minimum Gasteiger partial charge on any atom is -0.493 e. The number of hydrogen-bond acceptors (Lipinski definition) is 6. The molecule has 2 aromatic heterocycles. The van der Waals surface area contributed by atoms with Crippen LogP contribution in [0.5, 0.6) is 5.75 Å². The number of benzene rings is 1. The van der Waals surface area contributed by atoms with Gasteiger partial charge in [-0.25, -0.2) is 13.4 Å². The summed E-state index contributed by atoms with van der Waals surface area (Å²) in [7, 11) is -2.01. The van der Waals surface area contributed by atoms with Gasteiger partial charge in [-0.1, -0.05) is 12.1 Å². The van der Waals surface area contributed by atoms with E-state index in [-0.39, 0.29) is 10.9 Å². The van der Waals surface area contributed by atoms with Crippen molar-refractivity contribution in [3.05, 3.63) is 47.8 Å². The average molecular weight is 375 g/mol. The number of imidazole rings is 1. The number of ether oxygens (including phenoxy) is 2. The molecule has 0 radical (unpaired) electrons. The number of methoxy groups -OCH3 is 1. The summed E-state index contributed by atoms with van der Waals surface area (Å²) in [6, 6.07) is 8.93. The summed E-state index contributed by atoms with van der Waals surface area (Å²) >= 11 is 0. The normalized spacial score (nSPS) is 11.8. The van der Waals surface area contributed by atoms with Gasteiger partial charge >= 0.3 is 0 Å². The summed E-state index contributed by atoms with van der Waals surface area (Å²) in [5.74, 6) is 0.388. The standard InChI is InChI=1S/C18H21N3O4S/c1-13-16(19-9-8-17(13)25-11-5-10-24-2)12-26(22,23)18-20-14-6-3-4-7-15(14)21-18/h3-4,6-9H,5,10-12H2,1-2H3,(H,20,21). The Morgan fingerprint density at radius 1 is 1.15 bits per heavy atom. The van der Waals surface area contributed by atoms with E-state index < -0.39 is 9.84 Å². The van der Waals surface area contributed by atoms with E-state index in [1.54, 1.807) is 31.5 Å². The Bertz CT molecular complexity index is 966. The Kier molecular flexibility index (Phi) is 5.53. The molecular weight excluding hydrogens is 354 g/mol. The van der Waals surface area contributed by atoms with Crippen molar-refractivity contribution in [2.24, 2.45) is 0 Å². The van der Waals surface area contributed by atoms with Crippen molar-refractivity contribution in [3.63, 3.8) is 0 Å². The third-order valence-corrected chi connectivity index (χ3v) is 5.43. The number of fused-ring (bicyclic) bond motifs is 1. The largest absolute Gasteiger partial charge is 0.493 e. The number of aromatic nitrogens is 3. The number of para-hydroxylation sites is 2. The molecule has 3 rings (SSSR count). The Balaban J connectivity index is 1.81.